The molecule has 1 heterocycles. The van der Waals surface area contributed by atoms with E-state index in [0.29, 0.717) is 43.9 Å². The second-order valence-electron chi connectivity index (χ2n) is 6.88. The van der Waals surface area contributed by atoms with Crippen molar-refractivity contribution in [3.8, 4) is 11.5 Å². The van der Waals surface area contributed by atoms with Crippen LogP contribution in [0.5, 0.6) is 11.5 Å². The summed E-state index contributed by atoms with van der Waals surface area (Å²) in [7, 11) is 0. The van der Waals surface area contributed by atoms with Crippen molar-refractivity contribution in [2.24, 2.45) is 0 Å². The number of likely N-dealkylation sites (tertiary alicyclic amines) is 1. The number of para-hydroxylation sites is 1. The summed E-state index contributed by atoms with van der Waals surface area (Å²) in [5.74, 6) is -1.52. The Kier molecular flexibility index (Phi) is 7.21. The third-order valence-electron chi connectivity index (χ3n) is 4.81. The lowest BCUT2D eigenvalue weighted by atomic mass is 10.1. The van der Waals surface area contributed by atoms with Crippen LogP contribution in [0.15, 0.2) is 42.5 Å². The highest BCUT2D eigenvalue weighted by atomic mass is 19.1. The molecule has 0 bridgehead atoms. The number of halogens is 2. The number of carbonyl (C=O) groups is 2. The van der Waals surface area contributed by atoms with Gasteiger partial charge in [0.1, 0.15) is 17.7 Å². The molecule has 0 atom stereocenters. The predicted molar refractivity (Wildman–Crippen MR) is 107 cm³/mol. The Balaban J connectivity index is 1.47. The normalized spacial score (nSPS) is 14.3. The Bertz CT molecular complexity index is 898. The van der Waals surface area contributed by atoms with Crippen molar-refractivity contribution in [1.82, 2.24) is 10.2 Å². The molecule has 160 valence electrons. The van der Waals surface area contributed by atoms with Gasteiger partial charge in [0.2, 0.25) is 5.91 Å². The molecule has 1 fully saturated rings. The zero-order valence-corrected chi connectivity index (χ0v) is 16.7. The highest BCUT2D eigenvalue weighted by Gasteiger charge is 2.25. The van der Waals surface area contributed by atoms with E-state index in [9.17, 15) is 18.4 Å². The van der Waals surface area contributed by atoms with Crippen LogP contribution in [-0.4, -0.2) is 49.1 Å². The third-order valence-corrected chi connectivity index (χ3v) is 4.81. The summed E-state index contributed by atoms with van der Waals surface area (Å²) >= 11 is 0. The first-order valence-corrected chi connectivity index (χ1v) is 9.87. The molecule has 0 aromatic heterocycles. The molecule has 1 saturated heterocycles. The van der Waals surface area contributed by atoms with E-state index in [0.717, 1.165) is 12.1 Å². The summed E-state index contributed by atoms with van der Waals surface area (Å²) in [6.45, 7) is 2.99. The molecule has 0 aliphatic carbocycles. The predicted octanol–water partition coefficient (Wildman–Crippen LogP) is 3.16. The molecule has 8 heteroatoms. The van der Waals surface area contributed by atoms with Crippen molar-refractivity contribution in [3.05, 3.63) is 59.7 Å². The number of ether oxygens (including phenoxy) is 2. The van der Waals surface area contributed by atoms with Crippen molar-refractivity contribution in [2.45, 2.75) is 25.9 Å². The molecule has 2 aromatic rings. The molecule has 2 amide bonds. The van der Waals surface area contributed by atoms with E-state index < -0.39 is 11.6 Å². The van der Waals surface area contributed by atoms with Gasteiger partial charge in [0.05, 0.1) is 18.7 Å². The quantitative estimate of drug-likeness (QED) is 0.750. The fraction of sp³-hybridized carbons (Fsp3) is 0.364. The number of piperidine rings is 1. The van der Waals surface area contributed by atoms with Crippen molar-refractivity contribution < 1.29 is 27.8 Å². The van der Waals surface area contributed by atoms with E-state index in [1.807, 2.05) is 6.92 Å². The number of benzene rings is 2. The van der Waals surface area contributed by atoms with Crippen molar-refractivity contribution >= 4 is 11.8 Å². The van der Waals surface area contributed by atoms with Gasteiger partial charge in [-0.1, -0.05) is 12.1 Å². The van der Waals surface area contributed by atoms with Crippen LogP contribution in [0, 0.1) is 11.6 Å². The van der Waals surface area contributed by atoms with Gasteiger partial charge in [-0.25, -0.2) is 8.78 Å². The van der Waals surface area contributed by atoms with E-state index >= 15 is 0 Å². The number of nitrogens with zero attached hydrogens (tertiary/aromatic N) is 1. The van der Waals surface area contributed by atoms with E-state index in [-0.39, 0.29) is 30.2 Å². The minimum absolute atomic E-state index is 0.00130. The molecule has 0 spiro atoms. The number of carbonyl (C=O) groups excluding carboxylic acids is 2. The number of hydrogen-bond donors (Lipinski definition) is 1. The zero-order valence-electron chi connectivity index (χ0n) is 16.7. The van der Waals surface area contributed by atoms with Gasteiger partial charge in [-0.2, -0.15) is 0 Å². The van der Waals surface area contributed by atoms with Crippen LogP contribution in [0.2, 0.25) is 0 Å². The first-order valence-electron chi connectivity index (χ1n) is 9.87. The van der Waals surface area contributed by atoms with Gasteiger partial charge < -0.3 is 19.7 Å². The highest BCUT2D eigenvalue weighted by Crippen LogP contribution is 2.23. The first-order chi connectivity index (χ1) is 14.5. The lowest BCUT2D eigenvalue weighted by Gasteiger charge is -2.32. The maximum Gasteiger partial charge on any atom is 0.255 e. The van der Waals surface area contributed by atoms with Crippen LogP contribution in [0.4, 0.5) is 8.78 Å². The van der Waals surface area contributed by atoms with E-state index in [2.05, 4.69) is 5.32 Å². The summed E-state index contributed by atoms with van der Waals surface area (Å²) in [6, 6.07) is 10.0. The minimum Gasteiger partial charge on any atom is -0.493 e. The summed E-state index contributed by atoms with van der Waals surface area (Å²) < 4.78 is 37.7. The third kappa shape index (κ3) is 5.46. The van der Waals surface area contributed by atoms with E-state index in [1.54, 1.807) is 29.2 Å². The molecule has 1 aliphatic heterocycles. The number of amides is 2. The van der Waals surface area contributed by atoms with E-state index in [1.165, 1.54) is 6.07 Å². The van der Waals surface area contributed by atoms with Gasteiger partial charge in [0, 0.05) is 32.0 Å². The van der Waals surface area contributed by atoms with Crippen LogP contribution >= 0.6 is 0 Å². The molecular formula is C22H24F2N2O4. The highest BCUT2D eigenvalue weighted by molar-refractivity contribution is 5.98. The number of rotatable bonds is 7. The van der Waals surface area contributed by atoms with E-state index in [4.69, 9.17) is 9.47 Å². The van der Waals surface area contributed by atoms with Gasteiger partial charge in [-0.3, -0.25) is 9.59 Å². The first kappa shape index (κ1) is 21.5. The molecule has 1 N–H and O–H groups in total. The number of hydrogen-bond acceptors (Lipinski definition) is 4. The minimum atomic E-state index is -0.747. The van der Waals surface area contributed by atoms with Crippen LogP contribution in [0.25, 0.3) is 0 Å². The van der Waals surface area contributed by atoms with Gasteiger partial charge in [-0.15, -0.1) is 0 Å². The van der Waals surface area contributed by atoms with Crippen LogP contribution in [0.1, 0.15) is 30.1 Å². The lowest BCUT2D eigenvalue weighted by Crippen LogP contribution is -2.46. The average Bonchev–Trinajstić information content (AvgIpc) is 2.75. The largest absolute Gasteiger partial charge is 0.493 e. The maximum absolute atomic E-state index is 13.7. The lowest BCUT2D eigenvalue weighted by molar-refractivity contribution is -0.131. The van der Waals surface area contributed by atoms with Gasteiger partial charge in [0.15, 0.2) is 11.6 Å². The molecular weight excluding hydrogens is 394 g/mol. The van der Waals surface area contributed by atoms with Crippen LogP contribution in [0.3, 0.4) is 0 Å². The molecule has 0 unspecified atom stereocenters. The summed E-state index contributed by atoms with van der Waals surface area (Å²) in [5, 5.41) is 2.63. The standard InChI is InChI=1S/C22H24F2N2O4/c1-2-29-19-6-4-3-5-17(19)22(28)25-14-21(27)26-11-9-16(10-12-26)30-20-8-7-15(23)13-18(20)24/h3-8,13,16H,2,9-12,14H2,1H3,(H,25,28). The Morgan fingerprint density at radius 1 is 1.10 bits per heavy atom. The zero-order chi connectivity index (χ0) is 21.5. The van der Waals surface area contributed by atoms with Crippen molar-refractivity contribution in [3.63, 3.8) is 0 Å². The summed E-state index contributed by atoms with van der Waals surface area (Å²) in [4.78, 5) is 26.5. The van der Waals surface area contributed by atoms with Crippen LogP contribution < -0.4 is 14.8 Å². The van der Waals surface area contributed by atoms with Crippen LogP contribution in [-0.2, 0) is 4.79 Å². The number of nitrogens with one attached hydrogen (secondary N) is 1. The smallest absolute Gasteiger partial charge is 0.255 e. The molecule has 0 radical (unpaired) electrons. The monoisotopic (exact) mass is 418 g/mol. The molecule has 0 saturated carbocycles. The fourth-order valence-electron chi connectivity index (χ4n) is 3.27. The Labute approximate surface area is 173 Å². The Hall–Kier alpha value is -3.16. The molecule has 3 rings (SSSR count). The molecule has 6 nitrogen and oxygen atoms in total. The molecule has 30 heavy (non-hydrogen) atoms. The maximum atomic E-state index is 13.7. The van der Waals surface area contributed by atoms with Gasteiger partial charge in [-0.05, 0) is 31.2 Å². The second-order valence-corrected chi connectivity index (χ2v) is 6.88. The SMILES string of the molecule is CCOc1ccccc1C(=O)NCC(=O)N1CCC(Oc2ccc(F)cc2F)CC1. The Morgan fingerprint density at radius 2 is 1.83 bits per heavy atom. The average molecular weight is 418 g/mol. The fourth-order valence-corrected chi connectivity index (χ4v) is 3.27. The van der Waals surface area contributed by atoms with Gasteiger partial charge in [0.25, 0.3) is 5.91 Å². The summed E-state index contributed by atoms with van der Waals surface area (Å²) in [5.41, 5.74) is 0.376. The van der Waals surface area contributed by atoms with Gasteiger partial charge >= 0.3 is 0 Å². The molecule has 2 aromatic carbocycles. The topological polar surface area (TPSA) is 67.9 Å². The molecule has 1 aliphatic rings. The van der Waals surface area contributed by atoms with Crippen molar-refractivity contribution in [1.29, 1.82) is 0 Å². The second kappa shape index (κ2) is 10.0. The summed E-state index contributed by atoms with van der Waals surface area (Å²) in [6.07, 6.45) is 0.773. The Morgan fingerprint density at radius 3 is 2.53 bits per heavy atom. The van der Waals surface area contributed by atoms with Crippen molar-refractivity contribution in [2.75, 3.05) is 26.2 Å².